The summed E-state index contributed by atoms with van der Waals surface area (Å²) in [4.78, 5) is 2.62. The van der Waals surface area contributed by atoms with Gasteiger partial charge in [0.15, 0.2) is 4.90 Å². The third-order valence-corrected chi connectivity index (χ3v) is 3.03. The molecule has 0 saturated heterocycles. The standard InChI is InChI=1S/C7H7ClF2N2O3S/c1-15-4-2-3(6(9)10)12-7(11)5(4)16(8,13)14/h2,6H,1H3,(H2,11,12). The first-order valence-corrected chi connectivity index (χ1v) is 6.15. The molecule has 0 amide bonds. The van der Waals surface area contributed by atoms with Crippen LogP contribution in [0.4, 0.5) is 14.6 Å². The van der Waals surface area contributed by atoms with E-state index in [2.05, 4.69) is 9.72 Å². The van der Waals surface area contributed by atoms with Gasteiger partial charge in [0.25, 0.3) is 15.5 Å². The molecule has 0 aromatic carbocycles. The predicted molar refractivity (Wildman–Crippen MR) is 53.2 cm³/mol. The van der Waals surface area contributed by atoms with Crippen molar-refractivity contribution in [1.29, 1.82) is 0 Å². The molecule has 16 heavy (non-hydrogen) atoms. The van der Waals surface area contributed by atoms with Gasteiger partial charge < -0.3 is 10.5 Å². The van der Waals surface area contributed by atoms with E-state index >= 15 is 0 Å². The van der Waals surface area contributed by atoms with Crippen LogP contribution in [0.3, 0.4) is 0 Å². The lowest BCUT2D eigenvalue weighted by Crippen LogP contribution is -2.06. The van der Waals surface area contributed by atoms with Gasteiger partial charge in [0, 0.05) is 16.7 Å². The molecule has 0 radical (unpaired) electrons. The lowest BCUT2D eigenvalue weighted by Gasteiger charge is -2.09. The van der Waals surface area contributed by atoms with Gasteiger partial charge in [0.1, 0.15) is 17.3 Å². The summed E-state index contributed by atoms with van der Waals surface area (Å²) in [5, 5.41) is 0. The van der Waals surface area contributed by atoms with Crippen LogP contribution in [0.15, 0.2) is 11.0 Å². The predicted octanol–water partition coefficient (Wildman–Crippen LogP) is 1.54. The Morgan fingerprint density at radius 1 is 1.56 bits per heavy atom. The van der Waals surface area contributed by atoms with E-state index < -0.39 is 31.9 Å². The first-order valence-electron chi connectivity index (χ1n) is 3.84. The molecule has 5 nitrogen and oxygen atoms in total. The summed E-state index contributed by atoms with van der Waals surface area (Å²) in [5.74, 6) is -0.984. The highest BCUT2D eigenvalue weighted by Crippen LogP contribution is 2.34. The fourth-order valence-electron chi connectivity index (χ4n) is 1.06. The van der Waals surface area contributed by atoms with E-state index in [1.54, 1.807) is 0 Å². The second-order valence-corrected chi connectivity index (χ2v) is 5.21. The van der Waals surface area contributed by atoms with Gasteiger partial charge in [0.2, 0.25) is 0 Å². The van der Waals surface area contributed by atoms with E-state index in [4.69, 9.17) is 16.4 Å². The maximum absolute atomic E-state index is 12.3. The van der Waals surface area contributed by atoms with Crippen molar-refractivity contribution in [2.75, 3.05) is 12.8 Å². The van der Waals surface area contributed by atoms with Crippen LogP contribution < -0.4 is 10.5 Å². The zero-order valence-corrected chi connectivity index (χ0v) is 9.52. The van der Waals surface area contributed by atoms with Crippen LogP contribution in [0.2, 0.25) is 0 Å². The number of ether oxygens (including phenoxy) is 1. The highest BCUT2D eigenvalue weighted by molar-refractivity contribution is 8.14. The van der Waals surface area contributed by atoms with Gasteiger partial charge in [-0.2, -0.15) is 0 Å². The Hall–Kier alpha value is -1.15. The second-order valence-electron chi connectivity index (χ2n) is 2.70. The molecule has 0 fully saturated rings. The molecule has 0 saturated carbocycles. The summed E-state index contributed by atoms with van der Waals surface area (Å²) >= 11 is 0. The largest absolute Gasteiger partial charge is 0.495 e. The first kappa shape index (κ1) is 12.9. The third kappa shape index (κ3) is 2.50. The summed E-state index contributed by atoms with van der Waals surface area (Å²) in [6.45, 7) is 0. The molecule has 2 N–H and O–H groups in total. The van der Waals surface area contributed by atoms with Gasteiger partial charge in [-0.15, -0.1) is 0 Å². The van der Waals surface area contributed by atoms with Gasteiger partial charge in [-0.25, -0.2) is 22.2 Å². The minimum Gasteiger partial charge on any atom is -0.495 e. The molecular formula is C7H7ClF2N2O3S. The van der Waals surface area contributed by atoms with Gasteiger partial charge in [-0.05, 0) is 0 Å². The lowest BCUT2D eigenvalue weighted by atomic mass is 10.3. The van der Waals surface area contributed by atoms with Crippen LogP contribution in [0, 0.1) is 0 Å². The Morgan fingerprint density at radius 2 is 2.12 bits per heavy atom. The number of aromatic nitrogens is 1. The van der Waals surface area contributed by atoms with Crippen LogP contribution in [0.5, 0.6) is 5.75 Å². The number of hydrogen-bond acceptors (Lipinski definition) is 5. The summed E-state index contributed by atoms with van der Waals surface area (Å²) in [6, 6.07) is 0.774. The van der Waals surface area contributed by atoms with Crippen LogP contribution in [0.25, 0.3) is 0 Å². The molecule has 1 aromatic heterocycles. The minimum absolute atomic E-state index is 0.363. The Bertz CT molecular complexity index is 507. The highest BCUT2D eigenvalue weighted by Gasteiger charge is 2.24. The number of halogens is 3. The molecule has 1 rings (SSSR count). The molecule has 9 heteroatoms. The molecule has 1 aromatic rings. The van der Waals surface area contributed by atoms with Crippen molar-refractivity contribution in [2.45, 2.75) is 11.3 Å². The molecule has 0 aliphatic rings. The monoisotopic (exact) mass is 272 g/mol. The maximum Gasteiger partial charge on any atom is 0.280 e. The van der Waals surface area contributed by atoms with Gasteiger partial charge in [-0.3, -0.25) is 0 Å². The number of nitrogens with zero attached hydrogens (tertiary/aromatic N) is 1. The van der Waals surface area contributed by atoms with Crippen LogP contribution in [-0.2, 0) is 9.05 Å². The highest BCUT2D eigenvalue weighted by atomic mass is 35.7. The van der Waals surface area contributed by atoms with E-state index in [1.807, 2.05) is 0 Å². The Kier molecular flexibility index (Phi) is 3.54. The molecule has 90 valence electrons. The minimum atomic E-state index is -4.20. The number of nitrogens with two attached hydrogens (primary N) is 1. The zero-order valence-electron chi connectivity index (χ0n) is 7.95. The SMILES string of the molecule is COc1cc(C(F)F)nc(N)c1S(=O)(=O)Cl. The molecule has 0 aliphatic carbocycles. The summed E-state index contributed by atoms with van der Waals surface area (Å²) in [5.41, 5.74) is 4.55. The molecular weight excluding hydrogens is 266 g/mol. The number of anilines is 1. The van der Waals surface area contributed by atoms with Gasteiger partial charge >= 0.3 is 0 Å². The number of alkyl halides is 2. The number of hydrogen-bond donors (Lipinski definition) is 1. The average molecular weight is 273 g/mol. The molecule has 0 unspecified atom stereocenters. The van der Waals surface area contributed by atoms with E-state index in [9.17, 15) is 17.2 Å². The van der Waals surface area contributed by atoms with Crippen molar-refractivity contribution in [3.05, 3.63) is 11.8 Å². The Morgan fingerprint density at radius 3 is 2.50 bits per heavy atom. The Balaban J connectivity index is 3.53. The number of rotatable bonds is 3. The zero-order chi connectivity index (χ0) is 12.5. The normalized spacial score (nSPS) is 11.8. The van der Waals surface area contributed by atoms with Crippen molar-refractivity contribution < 1.29 is 21.9 Å². The fraction of sp³-hybridized carbons (Fsp3) is 0.286. The average Bonchev–Trinajstić information content (AvgIpc) is 2.14. The van der Waals surface area contributed by atoms with Crippen molar-refractivity contribution in [3.63, 3.8) is 0 Å². The molecule has 0 aliphatic heterocycles. The smallest absolute Gasteiger partial charge is 0.280 e. The van der Waals surface area contributed by atoms with Crippen molar-refractivity contribution in [3.8, 4) is 5.75 Å². The fourth-order valence-corrected chi connectivity index (χ4v) is 2.20. The third-order valence-electron chi connectivity index (χ3n) is 1.67. The van der Waals surface area contributed by atoms with Gasteiger partial charge in [-0.1, -0.05) is 0 Å². The van der Waals surface area contributed by atoms with Gasteiger partial charge in [0.05, 0.1) is 7.11 Å². The van der Waals surface area contributed by atoms with E-state index in [0.29, 0.717) is 0 Å². The summed E-state index contributed by atoms with van der Waals surface area (Å²) in [7, 11) is 1.97. The van der Waals surface area contributed by atoms with Crippen LogP contribution in [-0.4, -0.2) is 20.5 Å². The van der Waals surface area contributed by atoms with Crippen molar-refractivity contribution in [1.82, 2.24) is 4.98 Å². The summed E-state index contributed by atoms with van der Waals surface area (Å²) in [6.07, 6.45) is -2.89. The topological polar surface area (TPSA) is 82.3 Å². The molecule has 0 atom stereocenters. The number of pyridine rings is 1. The molecule has 1 heterocycles. The number of methoxy groups -OCH3 is 1. The maximum atomic E-state index is 12.3. The van der Waals surface area contributed by atoms with E-state index in [0.717, 1.165) is 13.2 Å². The lowest BCUT2D eigenvalue weighted by molar-refractivity contribution is 0.145. The van der Waals surface area contributed by atoms with Crippen molar-refractivity contribution >= 4 is 25.6 Å². The van der Waals surface area contributed by atoms with E-state index in [1.165, 1.54) is 0 Å². The summed E-state index contributed by atoms with van der Waals surface area (Å²) < 4.78 is 51.5. The quantitative estimate of drug-likeness (QED) is 0.844. The Labute approximate surface area is 94.6 Å². The van der Waals surface area contributed by atoms with Crippen molar-refractivity contribution in [2.24, 2.45) is 0 Å². The molecule has 0 spiro atoms. The van der Waals surface area contributed by atoms with E-state index in [-0.39, 0.29) is 5.75 Å². The van der Waals surface area contributed by atoms with Crippen LogP contribution >= 0.6 is 10.7 Å². The first-order chi connectivity index (χ1) is 7.27. The molecule has 0 bridgehead atoms. The second kappa shape index (κ2) is 4.38. The van der Waals surface area contributed by atoms with Crippen LogP contribution in [0.1, 0.15) is 12.1 Å². The number of nitrogen functional groups attached to an aromatic ring is 1.